The molecular weight excluding hydrogens is 326 g/mol. The molecule has 0 radical (unpaired) electrons. The summed E-state index contributed by atoms with van der Waals surface area (Å²) in [5.74, 6) is 0.426. The van der Waals surface area contributed by atoms with E-state index >= 15 is 0 Å². The van der Waals surface area contributed by atoms with Crippen LogP contribution in [0.1, 0.15) is 28.9 Å². The van der Waals surface area contributed by atoms with E-state index in [2.05, 4.69) is 31.5 Å². The number of aromatic nitrogens is 1. The van der Waals surface area contributed by atoms with Gasteiger partial charge in [0.1, 0.15) is 5.82 Å². The second kappa shape index (κ2) is 6.16. The average Bonchev–Trinajstić information content (AvgIpc) is 2.92. The molecule has 100 valence electrons. The molecule has 2 heterocycles. The first-order valence-corrected chi connectivity index (χ1v) is 7.51. The van der Waals surface area contributed by atoms with Crippen molar-refractivity contribution in [2.24, 2.45) is 0 Å². The van der Waals surface area contributed by atoms with Gasteiger partial charge in [-0.25, -0.2) is 4.98 Å². The van der Waals surface area contributed by atoms with Crippen LogP contribution in [0.25, 0.3) is 0 Å². The minimum Gasteiger partial charge on any atom is -0.372 e. The fraction of sp³-hybridized carbons (Fsp3) is 0.231. The number of carbonyl (C=O) groups excluding carboxylic acids is 1. The highest BCUT2D eigenvalue weighted by molar-refractivity contribution is 9.10. The molecule has 0 aliphatic carbocycles. The van der Waals surface area contributed by atoms with E-state index in [1.54, 1.807) is 30.6 Å². The van der Waals surface area contributed by atoms with Crippen molar-refractivity contribution >= 4 is 39.0 Å². The Hall–Kier alpha value is -1.40. The molecule has 0 aromatic carbocycles. The van der Waals surface area contributed by atoms with Crippen LogP contribution in [0.5, 0.6) is 0 Å². The lowest BCUT2D eigenvalue weighted by Crippen LogP contribution is -2.27. The monoisotopic (exact) mass is 339 g/mol. The van der Waals surface area contributed by atoms with Crippen LogP contribution in [0.2, 0.25) is 0 Å². The Labute approximate surface area is 124 Å². The minimum absolute atomic E-state index is 0.0255. The highest BCUT2D eigenvalue weighted by Crippen LogP contribution is 2.20. The van der Waals surface area contributed by atoms with E-state index in [4.69, 9.17) is 0 Å². The van der Waals surface area contributed by atoms with Crippen LogP contribution in [0.4, 0.5) is 5.82 Å². The highest BCUT2D eigenvalue weighted by atomic mass is 79.9. The molecule has 2 aromatic heterocycles. The number of carbonyl (C=O) groups is 1. The number of pyridine rings is 1. The maximum atomic E-state index is 12.3. The van der Waals surface area contributed by atoms with Crippen molar-refractivity contribution in [1.82, 2.24) is 10.3 Å². The van der Waals surface area contributed by atoms with Crippen LogP contribution >= 0.6 is 27.3 Å². The molecule has 1 atom stereocenters. The molecule has 6 heteroatoms. The molecule has 19 heavy (non-hydrogen) atoms. The van der Waals surface area contributed by atoms with Crippen LogP contribution in [0.15, 0.2) is 33.6 Å². The number of rotatable bonds is 4. The van der Waals surface area contributed by atoms with Crippen LogP contribution in [0.3, 0.4) is 0 Å². The maximum Gasteiger partial charge on any atom is 0.255 e. The van der Waals surface area contributed by atoms with Crippen molar-refractivity contribution in [1.29, 1.82) is 0 Å². The predicted octanol–water partition coefficient (Wildman–Crippen LogP) is 3.44. The number of halogens is 1. The van der Waals surface area contributed by atoms with E-state index in [9.17, 15) is 4.79 Å². The van der Waals surface area contributed by atoms with E-state index in [-0.39, 0.29) is 11.9 Å². The van der Waals surface area contributed by atoms with Gasteiger partial charge >= 0.3 is 0 Å². The van der Waals surface area contributed by atoms with Crippen molar-refractivity contribution in [3.63, 3.8) is 0 Å². The third-order valence-corrected chi connectivity index (χ3v) is 3.86. The van der Waals surface area contributed by atoms with Gasteiger partial charge in [-0.15, -0.1) is 0 Å². The summed E-state index contributed by atoms with van der Waals surface area (Å²) in [4.78, 5) is 16.4. The normalized spacial score (nSPS) is 11.9. The number of amides is 1. The summed E-state index contributed by atoms with van der Waals surface area (Å²) in [6.45, 7) is 1.96. The first-order valence-electron chi connectivity index (χ1n) is 5.78. The predicted molar refractivity (Wildman–Crippen MR) is 81.7 cm³/mol. The summed E-state index contributed by atoms with van der Waals surface area (Å²) < 4.78 is 0.778. The molecular formula is C13H14BrN3OS. The van der Waals surface area contributed by atoms with Crippen molar-refractivity contribution in [2.75, 3.05) is 12.4 Å². The Morgan fingerprint density at radius 3 is 2.95 bits per heavy atom. The molecule has 0 fully saturated rings. The second-order valence-corrected chi connectivity index (χ2v) is 5.75. The van der Waals surface area contributed by atoms with Gasteiger partial charge < -0.3 is 10.6 Å². The molecule has 2 N–H and O–H groups in total. The Bertz CT molecular complexity index is 571. The fourth-order valence-electron chi connectivity index (χ4n) is 1.69. The number of nitrogens with one attached hydrogen (secondary N) is 2. The molecule has 2 aromatic rings. The lowest BCUT2D eigenvalue weighted by molar-refractivity contribution is 0.0940. The third-order valence-electron chi connectivity index (χ3n) is 2.73. The van der Waals surface area contributed by atoms with Gasteiger partial charge in [0.2, 0.25) is 0 Å². The highest BCUT2D eigenvalue weighted by Gasteiger charge is 2.16. The summed E-state index contributed by atoms with van der Waals surface area (Å²) >= 11 is 4.95. The second-order valence-electron chi connectivity index (χ2n) is 4.05. The zero-order valence-electron chi connectivity index (χ0n) is 10.6. The molecule has 4 nitrogen and oxygen atoms in total. The van der Waals surface area contributed by atoms with E-state index in [1.165, 1.54) is 0 Å². The van der Waals surface area contributed by atoms with Crippen LogP contribution in [-0.4, -0.2) is 17.9 Å². The number of thiophene rings is 1. The van der Waals surface area contributed by atoms with Crippen LogP contribution in [-0.2, 0) is 0 Å². The van der Waals surface area contributed by atoms with Gasteiger partial charge in [0.25, 0.3) is 5.91 Å². The smallest absolute Gasteiger partial charge is 0.255 e. The number of nitrogens with zero attached hydrogens (tertiary/aromatic N) is 1. The lowest BCUT2D eigenvalue weighted by Gasteiger charge is -2.14. The molecule has 0 saturated carbocycles. The molecule has 0 aliphatic heterocycles. The minimum atomic E-state index is -0.142. The van der Waals surface area contributed by atoms with Crippen molar-refractivity contribution in [3.05, 3.63) is 44.7 Å². The number of hydrogen-bond donors (Lipinski definition) is 2. The zero-order valence-corrected chi connectivity index (χ0v) is 13.0. The van der Waals surface area contributed by atoms with Crippen molar-refractivity contribution < 1.29 is 4.79 Å². The molecule has 0 saturated heterocycles. The van der Waals surface area contributed by atoms with Gasteiger partial charge in [-0.1, -0.05) is 0 Å². The molecule has 1 unspecified atom stereocenters. The fourth-order valence-corrected chi connectivity index (χ4v) is 2.78. The van der Waals surface area contributed by atoms with Gasteiger partial charge in [-0.3, -0.25) is 4.79 Å². The van der Waals surface area contributed by atoms with Crippen molar-refractivity contribution in [2.45, 2.75) is 13.0 Å². The van der Waals surface area contributed by atoms with Crippen molar-refractivity contribution in [3.8, 4) is 0 Å². The molecule has 2 rings (SSSR count). The topological polar surface area (TPSA) is 54.0 Å². The molecule has 0 bridgehead atoms. The Balaban J connectivity index is 2.18. The Morgan fingerprint density at radius 1 is 1.53 bits per heavy atom. The standard InChI is InChI=1S/C13H14BrN3OS/c1-8(9-3-4-19-7-9)17-13(18)11-5-10(14)6-16-12(11)15-2/h3-8H,1-2H3,(H,15,16)(H,17,18). The summed E-state index contributed by atoms with van der Waals surface area (Å²) in [7, 11) is 1.75. The summed E-state index contributed by atoms with van der Waals surface area (Å²) in [6, 6.07) is 3.74. The first-order chi connectivity index (χ1) is 9.11. The van der Waals surface area contributed by atoms with E-state index in [1.807, 2.05) is 23.8 Å². The molecule has 0 aliphatic rings. The van der Waals surface area contributed by atoms with Crippen LogP contribution in [0, 0.1) is 0 Å². The van der Waals surface area contributed by atoms with Gasteiger partial charge in [0, 0.05) is 17.7 Å². The quantitative estimate of drug-likeness (QED) is 0.897. The number of hydrogen-bond acceptors (Lipinski definition) is 4. The zero-order chi connectivity index (χ0) is 13.8. The summed E-state index contributed by atoms with van der Waals surface area (Å²) in [5.41, 5.74) is 1.63. The summed E-state index contributed by atoms with van der Waals surface area (Å²) in [6.07, 6.45) is 1.66. The van der Waals surface area contributed by atoms with E-state index in [0.717, 1.165) is 10.0 Å². The molecule has 0 spiro atoms. The maximum absolute atomic E-state index is 12.3. The first kappa shape index (κ1) is 14.0. The van der Waals surface area contributed by atoms with E-state index in [0.29, 0.717) is 11.4 Å². The Morgan fingerprint density at radius 2 is 2.32 bits per heavy atom. The van der Waals surface area contributed by atoms with E-state index < -0.39 is 0 Å². The number of anilines is 1. The van der Waals surface area contributed by atoms with Crippen LogP contribution < -0.4 is 10.6 Å². The summed E-state index contributed by atoms with van der Waals surface area (Å²) in [5, 5.41) is 9.92. The third kappa shape index (κ3) is 3.33. The van der Waals surface area contributed by atoms with Gasteiger partial charge in [-0.05, 0) is 51.3 Å². The SMILES string of the molecule is CNc1ncc(Br)cc1C(=O)NC(C)c1ccsc1. The lowest BCUT2D eigenvalue weighted by atomic mass is 10.1. The Kier molecular flexibility index (Phi) is 4.55. The largest absolute Gasteiger partial charge is 0.372 e. The van der Waals surface area contributed by atoms with Gasteiger partial charge in [0.15, 0.2) is 0 Å². The molecule has 1 amide bonds. The van der Waals surface area contributed by atoms with Gasteiger partial charge in [-0.2, -0.15) is 11.3 Å². The van der Waals surface area contributed by atoms with Gasteiger partial charge in [0.05, 0.1) is 11.6 Å². The average molecular weight is 340 g/mol.